The van der Waals surface area contributed by atoms with E-state index in [0.29, 0.717) is 5.69 Å². The van der Waals surface area contributed by atoms with Crippen LogP contribution in [0.5, 0.6) is 0 Å². The van der Waals surface area contributed by atoms with Crippen molar-refractivity contribution in [3.8, 4) is 0 Å². The van der Waals surface area contributed by atoms with Crippen molar-refractivity contribution in [1.82, 2.24) is 14.8 Å². The first-order chi connectivity index (χ1) is 10.8. The number of carbonyl (C=O) groups is 1. The maximum atomic E-state index is 12.5. The third kappa shape index (κ3) is 3.40. The fourth-order valence-electron chi connectivity index (χ4n) is 3.28. The minimum Gasteiger partial charge on any atom is -0.370 e. The summed E-state index contributed by atoms with van der Waals surface area (Å²) in [6.07, 6.45) is 5.69. The van der Waals surface area contributed by atoms with Crippen LogP contribution in [-0.4, -0.2) is 66.5 Å². The Kier molecular flexibility index (Phi) is 4.93. The molecule has 1 amide bonds. The molecule has 120 valence electrons. The molecule has 0 bridgehead atoms. The number of rotatable bonds is 3. The fraction of sp³-hybridized carbons (Fsp3) is 0.647. The normalized spacial score (nSPS) is 20.2. The molecule has 2 aliphatic rings. The Morgan fingerprint density at radius 3 is 2.36 bits per heavy atom. The Balaban J connectivity index is 1.61. The molecular weight excluding hydrogens is 276 g/mol. The molecule has 22 heavy (non-hydrogen) atoms. The van der Waals surface area contributed by atoms with Gasteiger partial charge in [0.15, 0.2) is 0 Å². The molecular formula is C17H26N4O. The highest BCUT2D eigenvalue weighted by Crippen LogP contribution is 2.19. The molecule has 5 nitrogen and oxygen atoms in total. The highest BCUT2D eigenvalue weighted by molar-refractivity contribution is 5.92. The molecule has 3 rings (SSSR count). The molecule has 2 saturated heterocycles. The lowest BCUT2D eigenvalue weighted by atomic mass is 10.1. The van der Waals surface area contributed by atoms with Crippen LogP contribution < -0.4 is 4.90 Å². The summed E-state index contributed by atoms with van der Waals surface area (Å²) in [5.41, 5.74) is 1.72. The Labute approximate surface area is 132 Å². The molecule has 0 aromatic carbocycles. The summed E-state index contributed by atoms with van der Waals surface area (Å²) in [5, 5.41) is 0. The van der Waals surface area contributed by atoms with Crippen LogP contribution in [-0.2, 0) is 0 Å². The van der Waals surface area contributed by atoms with Crippen LogP contribution in [0, 0.1) is 0 Å². The van der Waals surface area contributed by atoms with Crippen LogP contribution in [0.3, 0.4) is 0 Å². The van der Waals surface area contributed by atoms with Crippen LogP contribution in [0.2, 0.25) is 0 Å². The minimum atomic E-state index is 0.0703. The van der Waals surface area contributed by atoms with Crippen molar-refractivity contribution < 1.29 is 4.79 Å². The molecule has 0 radical (unpaired) electrons. The van der Waals surface area contributed by atoms with Gasteiger partial charge >= 0.3 is 0 Å². The van der Waals surface area contributed by atoms with Gasteiger partial charge in [0.1, 0.15) is 5.69 Å². The Hall–Kier alpha value is -1.62. The van der Waals surface area contributed by atoms with E-state index in [-0.39, 0.29) is 5.91 Å². The predicted molar refractivity (Wildman–Crippen MR) is 88.3 cm³/mol. The zero-order valence-electron chi connectivity index (χ0n) is 13.5. The van der Waals surface area contributed by atoms with Crippen molar-refractivity contribution in [2.45, 2.75) is 26.2 Å². The minimum absolute atomic E-state index is 0.0703. The molecule has 0 N–H and O–H groups in total. The van der Waals surface area contributed by atoms with Gasteiger partial charge < -0.3 is 14.7 Å². The Morgan fingerprint density at radius 2 is 1.77 bits per heavy atom. The molecule has 2 aliphatic heterocycles. The summed E-state index contributed by atoms with van der Waals surface area (Å²) in [5.74, 6) is 0.0703. The average Bonchev–Trinajstić information content (AvgIpc) is 2.62. The van der Waals surface area contributed by atoms with E-state index in [2.05, 4.69) is 21.7 Å². The van der Waals surface area contributed by atoms with Crippen molar-refractivity contribution in [3.05, 3.63) is 24.0 Å². The van der Waals surface area contributed by atoms with Gasteiger partial charge in [0.05, 0.1) is 11.9 Å². The highest BCUT2D eigenvalue weighted by Gasteiger charge is 2.22. The maximum absolute atomic E-state index is 12.5. The smallest absolute Gasteiger partial charge is 0.272 e. The van der Waals surface area contributed by atoms with Gasteiger partial charge in [-0.1, -0.05) is 6.92 Å². The van der Waals surface area contributed by atoms with Gasteiger partial charge in [0.25, 0.3) is 5.91 Å². The zero-order chi connectivity index (χ0) is 15.4. The average molecular weight is 302 g/mol. The van der Waals surface area contributed by atoms with Gasteiger partial charge in [-0.25, -0.2) is 4.98 Å². The van der Waals surface area contributed by atoms with Crippen molar-refractivity contribution >= 4 is 11.6 Å². The summed E-state index contributed by atoms with van der Waals surface area (Å²) in [6.45, 7) is 8.98. The number of aromatic nitrogens is 1. The Morgan fingerprint density at radius 1 is 1.05 bits per heavy atom. The molecule has 0 saturated carbocycles. The lowest BCUT2D eigenvalue weighted by Gasteiger charge is -2.34. The number of pyridine rings is 1. The molecule has 0 aliphatic carbocycles. The van der Waals surface area contributed by atoms with Crippen molar-refractivity contribution in [3.63, 3.8) is 0 Å². The molecule has 0 spiro atoms. The van der Waals surface area contributed by atoms with Crippen LogP contribution in [0.4, 0.5) is 5.69 Å². The predicted octanol–water partition coefficient (Wildman–Crippen LogP) is 1.85. The van der Waals surface area contributed by atoms with Gasteiger partial charge in [-0.15, -0.1) is 0 Å². The molecule has 3 heterocycles. The van der Waals surface area contributed by atoms with Gasteiger partial charge in [-0.3, -0.25) is 4.79 Å². The topological polar surface area (TPSA) is 39.7 Å². The second-order valence-electron chi connectivity index (χ2n) is 6.18. The number of likely N-dealkylation sites (N-methyl/N-ethyl adjacent to an activating group) is 1. The molecule has 5 heteroatoms. The van der Waals surface area contributed by atoms with E-state index in [1.165, 1.54) is 19.3 Å². The van der Waals surface area contributed by atoms with Crippen LogP contribution in [0.15, 0.2) is 18.3 Å². The summed E-state index contributed by atoms with van der Waals surface area (Å²) < 4.78 is 0. The zero-order valence-corrected chi connectivity index (χ0v) is 13.5. The number of piperazine rings is 1. The summed E-state index contributed by atoms with van der Waals surface area (Å²) in [7, 11) is 0. The Bertz CT molecular complexity index is 488. The maximum Gasteiger partial charge on any atom is 0.272 e. The largest absolute Gasteiger partial charge is 0.370 e. The third-order valence-electron chi connectivity index (χ3n) is 4.79. The second-order valence-corrected chi connectivity index (χ2v) is 6.18. The third-order valence-corrected chi connectivity index (χ3v) is 4.79. The van der Waals surface area contributed by atoms with E-state index >= 15 is 0 Å². The van der Waals surface area contributed by atoms with E-state index in [0.717, 1.165) is 51.5 Å². The van der Waals surface area contributed by atoms with Gasteiger partial charge in [0, 0.05) is 39.3 Å². The lowest BCUT2D eigenvalue weighted by molar-refractivity contribution is 0.0637. The first kappa shape index (κ1) is 15.3. The SMILES string of the molecule is CCN1CCN(C(=O)c2ccc(N3CCCCC3)cn2)CC1. The number of anilines is 1. The van der Waals surface area contributed by atoms with Crippen molar-refractivity contribution in [1.29, 1.82) is 0 Å². The molecule has 0 atom stereocenters. The van der Waals surface area contributed by atoms with Crippen molar-refractivity contribution in [2.24, 2.45) is 0 Å². The number of hydrogen-bond acceptors (Lipinski definition) is 4. The molecule has 2 fully saturated rings. The van der Waals surface area contributed by atoms with Gasteiger partial charge in [-0.05, 0) is 37.9 Å². The lowest BCUT2D eigenvalue weighted by Crippen LogP contribution is -2.48. The monoisotopic (exact) mass is 302 g/mol. The summed E-state index contributed by atoms with van der Waals surface area (Å²) in [4.78, 5) is 23.6. The summed E-state index contributed by atoms with van der Waals surface area (Å²) >= 11 is 0. The second kappa shape index (κ2) is 7.09. The van der Waals surface area contributed by atoms with E-state index < -0.39 is 0 Å². The van der Waals surface area contributed by atoms with Gasteiger partial charge in [0.2, 0.25) is 0 Å². The van der Waals surface area contributed by atoms with Gasteiger partial charge in [-0.2, -0.15) is 0 Å². The highest BCUT2D eigenvalue weighted by atomic mass is 16.2. The van der Waals surface area contributed by atoms with Crippen molar-refractivity contribution in [2.75, 3.05) is 50.7 Å². The number of amides is 1. The first-order valence-electron chi connectivity index (χ1n) is 8.50. The van der Waals surface area contributed by atoms with Crippen LogP contribution in [0.25, 0.3) is 0 Å². The fourth-order valence-corrected chi connectivity index (χ4v) is 3.28. The summed E-state index contributed by atoms with van der Waals surface area (Å²) in [6, 6.07) is 3.94. The van der Waals surface area contributed by atoms with Crippen LogP contribution in [0.1, 0.15) is 36.7 Å². The van der Waals surface area contributed by atoms with E-state index in [1.807, 2.05) is 23.2 Å². The molecule has 1 aromatic rings. The van der Waals surface area contributed by atoms with Crippen LogP contribution >= 0.6 is 0 Å². The molecule has 1 aromatic heterocycles. The quantitative estimate of drug-likeness (QED) is 0.854. The van der Waals surface area contributed by atoms with E-state index in [9.17, 15) is 4.79 Å². The number of nitrogens with zero attached hydrogens (tertiary/aromatic N) is 4. The first-order valence-corrected chi connectivity index (χ1v) is 8.50. The number of hydrogen-bond donors (Lipinski definition) is 0. The standard InChI is InChI=1S/C17H26N4O/c1-2-19-10-12-21(13-11-19)17(22)16-7-6-15(14-18-16)20-8-4-3-5-9-20/h6-7,14H,2-5,8-13H2,1H3. The molecule has 0 unspecified atom stereocenters. The number of piperidine rings is 1. The van der Waals surface area contributed by atoms with E-state index in [4.69, 9.17) is 0 Å². The number of carbonyl (C=O) groups excluding carboxylic acids is 1. The van der Waals surface area contributed by atoms with E-state index in [1.54, 1.807) is 0 Å².